The Morgan fingerprint density at radius 1 is 1.46 bits per heavy atom. The van der Waals surface area contributed by atoms with Crippen LogP contribution in [0.1, 0.15) is 24.7 Å². The van der Waals surface area contributed by atoms with Gasteiger partial charge in [0.1, 0.15) is 0 Å². The van der Waals surface area contributed by atoms with Crippen LogP contribution in [-0.2, 0) is 17.8 Å². The SMILES string of the molecule is CCCc1n[nH]c(=S)n1NCc1ccc(OCC(N)=O)c(OC)c1. The maximum Gasteiger partial charge on any atom is 0.255 e. The van der Waals surface area contributed by atoms with Crippen molar-refractivity contribution < 1.29 is 14.3 Å². The van der Waals surface area contributed by atoms with Gasteiger partial charge in [-0.05, 0) is 36.3 Å². The van der Waals surface area contributed by atoms with Gasteiger partial charge in [0.2, 0.25) is 4.77 Å². The lowest BCUT2D eigenvalue weighted by Gasteiger charge is -2.13. The van der Waals surface area contributed by atoms with E-state index in [-0.39, 0.29) is 6.61 Å². The molecule has 0 spiro atoms. The molecule has 1 aromatic carbocycles. The maximum absolute atomic E-state index is 10.8. The van der Waals surface area contributed by atoms with Crippen molar-refractivity contribution in [3.05, 3.63) is 34.4 Å². The van der Waals surface area contributed by atoms with E-state index in [1.807, 2.05) is 12.1 Å². The minimum absolute atomic E-state index is 0.196. The first-order valence-electron chi connectivity index (χ1n) is 7.53. The van der Waals surface area contributed by atoms with Crippen LogP contribution in [0.3, 0.4) is 0 Å². The summed E-state index contributed by atoms with van der Waals surface area (Å²) in [4.78, 5) is 10.8. The second-order valence-corrected chi connectivity index (χ2v) is 5.49. The van der Waals surface area contributed by atoms with Gasteiger partial charge in [0.05, 0.1) is 13.7 Å². The zero-order valence-electron chi connectivity index (χ0n) is 13.7. The Labute approximate surface area is 144 Å². The Hall–Kier alpha value is -2.55. The van der Waals surface area contributed by atoms with Crippen molar-refractivity contribution in [2.75, 3.05) is 19.1 Å². The normalized spacial score (nSPS) is 10.4. The zero-order chi connectivity index (χ0) is 17.5. The molecule has 0 saturated heterocycles. The Balaban J connectivity index is 2.09. The van der Waals surface area contributed by atoms with Gasteiger partial charge in [0.25, 0.3) is 5.91 Å². The van der Waals surface area contributed by atoms with E-state index < -0.39 is 5.91 Å². The highest BCUT2D eigenvalue weighted by Crippen LogP contribution is 2.28. The topological polar surface area (TPSA) is 107 Å². The molecule has 0 bridgehead atoms. The van der Waals surface area contributed by atoms with E-state index in [4.69, 9.17) is 27.4 Å². The second kappa shape index (κ2) is 8.34. The fourth-order valence-corrected chi connectivity index (χ4v) is 2.36. The number of hydrogen-bond donors (Lipinski definition) is 3. The molecular formula is C15H21N5O3S. The molecule has 0 fully saturated rings. The number of ether oxygens (including phenoxy) is 2. The van der Waals surface area contributed by atoms with E-state index in [0.717, 1.165) is 24.2 Å². The van der Waals surface area contributed by atoms with Crippen molar-refractivity contribution in [2.45, 2.75) is 26.3 Å². The van der Waals surface area contributed by atoms with Gasteiger partial charge in [-0.3, -0.25) is 9.89 Å². The predicted molar refractivity (Wildman–Crippen MR) is 92.2 cm³/mol. The van der Waals surface area contributed by atoms with Crippen LogP contribution in [0, 0.1) is 4.77 Å². The molecule has 2 aromatic rings. The maximum atomic E-state index is 10.8. The molecule has 24 heavy (non-hydrogen) atoms. The van der Waals surface area contributed by atoms with Crippen molar-refractivity contribution in [1.82, 2.24) is 14.9 Å². The van der Waals surface area contributed by atoms with Gasteiger partial charge in [-0.1, -0.05) is 13.0 Å². The molecule has 1 heterocycles. The Kier molecular flexibility index (Phi) is 6.19. The first-order valence-corrected chi connectivity index (χ1v) is 7.94. The first kappa shape index (κ1) is 17.8. The average molecular weight is 351 g/mol. The number of carbonyl (C=O) groups excluding carboxylic acids is 1. The van der Waals surface area contributed by atoms with E-state index in [0.29, 0.717) is 22.8 Å². The van der Waals surface area contributed by atoms with Crippen LogP contribution >= 0.6 is 12.2 Å². The highest BCUT2D eigenvalue weighted by molar-refractivity contribution is 7.71. The average Bonchev–Trinajstić information content (AvgIpc) is 2.91. The molecule has 8 nitrogen and oxygen atoms in total. The van der Waals surface area contributed by atoms with Crippen LogP contribution in [0.15, 0.2) is 18.2 Å². The van der Waals surface area contributed by atoms with E-state index in [9.17, 15) is 4.79 Å². The quantitative estimate of drug-likeness (QED) is 0.591. The van der Waals surface area contributed by atoms with Crippen LogP contribution in [0.25, 0.3) is 0 Å². The molecule has 9 heteroatoms. The summed E-state index contributed by atoms with van der Waals surface area (Å²) in [5.74, 6) is 1.31. The minimum Gasteiger partial charge on any atom is -0.493 e. The number of benzene rings is 1. The molecule has 0 aliphatic carbocycles. The van der Waals surface area contributed by atoms with Gasteiger partial charge < -0.3 is 20.6 Å². The van der Waals surface area contributed by atoms with E-state index in [2.05, 4.69) is 22.5 Å². The molecular weight excluding hydrogens is 330 g/mol. The fraction of sp³-hybridized carbons (Fsp3) is 0.400. The molecule has 1 aromatic heterocycles. The molecule has 0 radical (unpaired) electrons. The van der Waals surface area contributed by atoms with Gasteiger partial charge in [0, 0.05) is 6.42 Å². The first-order chi connectivity index (χ1) is 11.5. The second-order valence-electron chi connectivity index (χ2n) is 5.11. The Morgan fingerprint density at radius 3 is 2.92 bits per heavy atom. The molecule has 130 valence electrons. The third-order valence-corrected chi connectivity index (χ3v) is 3.53. The summed E-state index contributed by atoms with van der Waals surface area (Å²) in [6, 6.07) is 5.43. The number of carbonyl (C=O) groups is 1. The molecule has 0 saturated carbocycles. The summed E-state index contributed by atoms with van der Waals surface area (Å²) in [7, 11) is 1.54. The monoisotopic (exact) mass is 351 g/mol. The number of primary amides is 1. The largest absolute Gasteiger partial charge is 0.493 e. The van der Waals surface area contributed by atoms with Crippen molar-refractivity contribution in [1.29, 1.82) is 0 Å². The number of rotatable bonds is 9. The van der Waals surface area contributed by atoms with Crippen molar-refractivity contribution >= 4 is 18.1 Å². The summed E-state index contributed by atoms with van der Waals surface area (Å²) in [6.45, 7) is 2.41. The Bertz CT molecular complexity index is 756. The number of methoxy groups -OCH3 is 1. The molecule has 1 amide bonds. The zero-order valence-corrected chi connectivity index (χ0v) is 14.5. The third-order valence-electron chi connectivity index (χ3n) is 3.25. The number of nitrogens with zero attached hydrogens (tertiary/aromatic N) is 2. The van der Waals surface area contributed by atoms with Gasteiger partial charge >= 0.3 is 0 Å². The lowest BCUT2D eigenvalue weighted by atomic mass is 10.2. The number of aromatic amines is 1. The summed E-state index contributed by atoms with van der Waals surface area (Å²) in [6.07, 6.45) is 1.80. The van der Waals surface area contributed by atoms with Gasteiger partial charge in [-0.15, -0.1) is 0 Å². The molecule has 4 N–H and O–H groups in total. The fourth-order valence-electron chi connectivity index (χ4n) is 2.14. The van der Waals surface area contributed by atoms with E-state index in [1.165, 1.54) is 7.11 Å². The Morgan fingerprint density at radius 2 is 2.25 bits per heavy atom. The molecule has 0 aliphatic rings. The minimum atomic E-state index is -0.541. The highest BCUT2D eigenvalue weighted by atomic mass is 32.1. The smallest absolute Gasteiger partial charge is 0.255 e. The van der Waals surface area contributed by atoms with Crippen molar-refractivity contribution in [2.24, 2.45) is 5.73 Å². The van der Waals surface area contributed by atoms with Crippen molar-refractivity contribution in [3.63, 3.8) is 0 Å². The van der Waals surface area contributed by atoms with Crippen LogP contribution in [0.2, 0.25) is 0 Å². The van der Waals surface area contributed by atoms with Crippen LogP contribution in [0.4, 0.5) is 0 Å². The van der Waals surface area contributed by atoms with Crippen LogP contribution in [-0.4, -0.2) is 34.5 Å². The van der Waals surface area contributed by atoms with Crippen LogP contribution < -0.4 is 20.6 Å². The number of aryl methyl sites for hydroxylation is 1. The highest BCUT2D eigenvalue weighted by Gasteiger charge is 2.09. The number of H-pyrrole nitrogens is 1. The number of aromatic nitrogens is 3. The number of hydrogen-bond acceptors (Lipinski definition) is 6. The molecule has 0 aliphatic heterocycles. The van der Waals surface area contributed by atoms with E-state index >= 15 is 0 Å². The molecule has 2 rings (SSSR count). The summed E-state index contributed by atoms with van der Waals surface area (Å²) in [5.41, 5.74) is 9.27. The lowest BCUT2D eigenvalue weighted by molar-refractivity contribution is -0.119. The van der Waals surface area contributed by atoms with Crippen molar-refractivity contribution in [3.8, 4) is 11.5 Å². The summed E-state index contributed by atoms with van der Waals surface area (Å²) in [5, 5.41) is 6.98. The summed E-state index contributed by atoms with van der Waals surface area (Å²) >= 11 is 5.22. The lowest BCUT2D eigenvalue weighted by Crippen LogP contribution is -2.20. The van der Waals surface area contributed by atoms with Gasteiger partial charge in [0.15, 0.2) is 23.9 Å². The number of nitrogens with two attached hydrogens (primary N) is 1. The predicted octanol–water partition coefficient (Wildman–Crippen LogP) is 1.51. The third kappa shape index (κ3) is 4.48. The van der Waals surface area contributed by atoms with E-state index in [1.54, 1.807) is 10.7 Å². The number of amides is 1. The van der Waals surface area contributed by atoms with Gasteiger partial charge in [-0.25, -0.2) is 4.68 Å². The standard InChI is InChI=1S/C15H21N5O3S/c1-3-4-14-18-19-15(24)20(14)17-8-10-5-6-11(12(7-10)22-2)23-9-13(16)21/h5-7,17H,3-4,8-9H2,1-2H3,(H2,16,21)(H,19,24). The van der Waals surface area contributed by atoms with Crippen LogP contribution in [0.5, 0.6) is 11.5 Å². The molecule has 0 atom stereocenters. The van der Waals surface area contributed by atoms with Gasteiger partial charge in [-0.2, -0.15) is 5.10 Å². The summed E-state index contributed by atoms with van der Waals surface area (Å²) < 4.78 is 12.9. The number of nitrogens with one attached hydrogen (secondary N) is 2. The molecule has 0 unspecified atom stereocenters.